The van der Waals surface area contributed by atoms with Crippen molar-refractivity contribution in [3.8, 4) is 0 Å². The number of benzene rings is 1. The molecule has 2 nitrogen and oxygen atoms in total. The van der Waals surface area contributed by atoms with Crippen LogP contribution in [-0.4, -0.2) is 6.54 Å². The van der Waals surface area contributed by atoms with E-state index in [0.29, 0.717) is 16.8 Å². The summed E-state index contributed by atoms with van der Waals surface area (Å²) in [4.78, 5) is 0. The van der Waals surface area contributed by atoms with E-state index in [1.165, 1.54) is 31.4 Å². The molecule has 1 fully saturated rings. The van der Waals surface area contributed by atoms with Crippen LogP contribution in [0.15, 0.2) is 18.2 Å². The van der Waals surface area contributed by atoms with Crippen molar-refractivity contribution in [1.29, 1.82) is 0 Å². The molecule has 15 heavy (non-hydrogen) atoms. The number of nitrogen functional groups attached to an aromatic ring is 1. The van der Waals surface area contributed by atoms with Crippen LogP contribution in [0.4, 0.5) is 15.8 Å². The summed E-state index contributed by atoms with van der Waals surface area (Å²) < 4.78 is 13.0. The maximum absolute atomic E-state index is 13.0. The summed E-state index contributed by atoms with van der Waals surface area (Å²) in [5.41, 5.74) is 7.44. The maximum Gasteiger partial charge on any atom is 0.125 e. The van der Waals surface area contributed by atoms with E-state index in [2.05, 4.69) is 12.2 Å². The van der Waals surface area contributed by atoms with E-state index in [1.807, 2.05) is 0 Å². The van der Waals surface area contributed by atoms with E-state index in [0.717, 1.165) is 6.54 Å². The molecule has 0 unspecified atom stereocenters. The van der Waals surface area contributed by atoms with Gasteiger partial charge in [0.2, 0.25) is 0 Å². The lowest BCUT2D eigenvalue weighted by Crippen LogP contribution is -2.33. The zero-order valence-electron chi connectivity index (χ0n) is 9.02. The maximum atomic E-state index is 13.0. The second-order valence-electron chi connectivity index (χ2n) is 4.75. The summed E-state index contributed by atoms with van der Waals surface area (Å²) in [6, 6.07) is 4.43. The summed E-state index contributed by atoms with van der Waals surface area (Å²) in [6.45, 7) is 3.12. The predicted molar refractivity (Wildman–Crippen MR) is 61.3 cm³/mol. The molecule has 2 rings (SSSR count). The molecule has 0 spiro atoms. The van der Waals surface area contributed by atoms with Crippen LogP contribution in [-0.2, 0) is 0 Å². The van der Waals surface area contributed by atoms with Crippen LogP contribution in [0.25, 0.3) is 0 Å². The molecule has 1 aliphatic carbocycles. The summed E-state index contributed by atoms with van der Waals surface area (Å²) in [6.07, 6.45) is 3.79. The number of nitrogens with two attached hydrogens (primary N) is 1. The van der Waals surface area contributed by atoms with Crippen LogP contribution in [0.1, 0.15) is 26.2 Å². The molecule has 3 N–H and O–H groups in total. The highest BCUT2D eigenvalue weighted by Gasteiger charge is 2.31. The van der Waals surface area contributed by atoms with Crippen molar-refractivity contribution in [3.05, 3.63) is 24.0 Å². The highest BCUT2D eigenvalue weighted by Crippen LogP contribution is 2.40. The highest BCUT2D eigenvalue weighted by atomic mass is 19.1. The zero-order valence-corrected chi connectivity index (χ0v) is 9.02. The van der Waals surface area contributed by atoms with Gasteiger partial charge >= 0.3 is 0 Å². The quantitative estimate of drug-likeness (QED) is 0.749. The Hall–Kier alpha value is -1.25. The molecular weight excluding hydrogens is 191 g/mol. The molecule has 0 amide bonds. The Bertz CT molecular complexity index is 359. The minimum atomic E-state index is -0.245. The number of anilines is 2. The Kier molecular flexibility index (Phi) is 2.55. The molecule has 1 saturated carbocycles. The zero-order chi connectivity index (χ0) is 10.9. The Labute approximate surface area is 89.7 Å². The normalized spacial score (nSPS) is 18.3. The first-order valence-corrected chi connectivity index (χ1v) is 5.38. The van der Waals surface area contributed by atoms with Gasteiger partial charge in [-0.15, -0.1) is 0 Å². The molecule has 0 bridgehead atoms. The molecule has 0 radical (unpaired) electrons. The van der Waals surface area contributed by atoms with E-state index in [4.69, 9.17) is 5.73 Å². The molecule has 1 aliphatic rings. The molecule has 0 aliphatic heterocycles. The van der Waals surface area contributed by atoms with Crippen molar-refractivity contribution in [3.63, 3.8) is 0 Å². The fourth-order valence-electron chi connectivity index (χ4n) is 1.95. The van der Waals surface area contributed by atoms with Gasteiger partial charge in [-0.2, -0.15) is 0 Å². The van der Waals surface area contributed by atoms with E-state index in [-0.39, 0.29) is 5.82 Å². The number of nitrogens with one attached hydrogen (secondary N) is 1. The van der Waals surface area contributed by atoms with Crippen LogP contribution < -0.4 is 11.1 Å². The molecule has 0 saturated heterocycles. The van der Waals surface area contributed by atoms with Crippen molar-refractivity contribution in [1.82, 2.24) is 0 Å². The molecule has 1 aromatic carbocycles. The van der Waals surface area contributed by atoms with Gasteiger partial charge in [0.15, 0.2) is 0 Å². The SMILES string of the molecule is CC1(CNc2cc(F)ccc2N)CCC1. The lowest BCUT2D eigenvalue weighted by Gasteiger charge is -2.38. The predicted octanol–water partition coefficient (Wildman–Crippen LogP) is 3.01. The molecule has 0 aromatic heterocycles. The van der Waals surface area contributed by atoms with Gasteiger partial charge < -0.3 is 11.1 Å². The van der Waals surface area contributed by atoms with E-state index >= 15 is 0 Å². The van der Waals surface area contributed by atoms with Gasteiger partial charge in [-0.05, 0) is 36.5 Å². The van der Waals surface area contributed by atoms with Gasteiger partial charge in [0, 0.05) is 6.54 Å². The van der Waals surface area contributed by atoms with Gasteiger partial charge in [-0.25, -0.2) is 4.39 Å². The van der Waals surface area contributed by atoms with Crippen molar-refractivity contribution < 1.29 is 4.39 Å². The minimum absolute atomic E-state index is 0.245. The lowest BCUT2D eigenvalue weighted by atomic mass is 9.70. The average molecular weight is 208 g/mol. The van der Waals surface area contributed by atoms with Crippen molar-refractivity contribution in [2.24, 2.45) is 5.41 Å². The summed E-state index contributed by atoms with van der Waals surface area (Å²) in [5, 5.41) is 3.23. The number of hydrogen-bond acceptors (Lipinski definition) is 2. The van der Waals surface area contributed by atoms with Crippen LogP contribution in [0, 0.1) is 11.2 Å². The smallest absolute Gasteiger partial charge is 0.125 e. The minimum Gasteiger partial charge on any atom is -0.397 e. The van der Waals surface area contributed by atoms with Crippen molar-refractivity contribution in [2.45, 2.75) is 26.2 Å². The third-order valence-electron chi connectivity index (χ3n) is 3.28. The second-order valence-corrected chi connectivity index (χ2v) is 4.75. The average Bonchev–Trinajstić information content (AvgIpc) is 2.17. The number of halogens is 1. The van der Waals surface area contributed by atoms with E-state index in [9.17, 15) is 4.39 Å². The summed E-state index contributed by atoms with van der Waals surface area (Å²) in [7, 11) is 0. The Morgan fingerprint density at radius 2 is 2.20 bits per heavy atom. The van der Waals surface area contributed by atoms with Crippen LogP contribution in [0.5, 0.6) is 0 Å². The monoisotopic (exact) mass is 208 g/mol. The Morgan fingerprint density at radius 3 is 2.80 bits per heavy atom. The molecule has 0 heterocycles. The molecule has 0 atom stereocenters. The third kappa shape index (κ3) is 2.22. The van der Waals surface area contributed by atoms with Crippen LogP contribution >= 0.6 is 0 Å². The third-order valence-corrected chi connectivity index (χ3v) is 3.28. The largest absolute Gasteiger partial charge is 0.397 e. The fraction of sp³-hybridized carbons (Fsp3) is 0.500. The first kappa shape index (κ1) is 10.3. The standard InChI is InChI=1S/C12H17FN2/c1-12(5-2-6-12)8-15-11-7-9(13)3-4-10(11)14/h3-4,7,15H,2,5-6,8,14H2,1H3. The topological polar surface area (TPSA) is 38.0 Å². The lowest BCUT2D eigenvalue weighted by molar-refractivity contribution is 0.180. The van der Waals surface area contributed by atoms with Gasteiger partial charge in [0.1, 0.15) is 5.82 Å². The van der Waals surface area contributed by atoms with Crippen LogP contribution in [0.2, 0.25) is 0 Å². The van der Waals surface area contributed by atoms with Gasteiger partial charge in [-0.3, -0.25) is 0 Å². The Balaban J connectivity index is 2.01. The van der Waals surface area contributed by atoms with Crippen molar-refractivity contribution >= 4 is 11.4 Å². The van der Waals surface area contributed by atoms with E-state index < -0.39 is 0 Å². The van der Waals surface area contributed by atoms with E-state index in [1.54, 1.807) is 6.07 Å². The van der Waals surface area contributed by atoms with Gasteiger partial charge in [0.05, 0.1) is 11.4 Å². The first-order chi connectivity index (χ1) is 7.09. The van der Waals surface area contributed by atoms with Gasteiger partial charge in [0.25, 0.3) is 0 Å². The number of rotatable bonds is 3. The van der Waals surface area contributed by atoms with Gasteiger partial charge in [-0.1, -0.05) is 13.3 Å². The fourth-order valence-corrected chi connectivity index (χ4v) is 1.95. The van der Waals surface area contributed by atoms with Crippen LogP contribution in [0.3, 0.4) is 0 Å². The number of hydrogen-bond donors (Lipinski definition) is 2. The first-order valence-electron chi connectivity index (χ1n) is 5.38. The highest BCUT2D eigenvalue weighted by molar-refractivity contribution is 5.65. The second kappa shape index (κ2) is 3.72. The summed E-state index contributed by atoms with van der Waals surface area (Å²) in [5.74, 6) is -0.245. The molecule has 82 valence electrons. The Morgan fingerprint density at radius 1 is 1.47 bits per heavy atom. The molecular formula is C12H17FN2. The van der Waals surface area contributed by atoms with Crippen molar-refractivity contribution in [2.75, 3.05) is 17.6 Å². The summed E-state index contributed by atoms with van der Waals surface area (Å²) >= 11 is 0. The molecule has 3 heteroatoms. The molecule has 1 aromatic rings.